The van der Waals surface area contributed by atoms with Gasteiger partial charge in [0.15, 0.2) is 0 Å². The van der Waals surface area contributed by atoms with Gasteiger partial charge in [-0.1, -0.05) is 110 Å². The Hall–Kier alpha value is -4.00. The molecule has 1 aliphatic rings. The molecule has 6 aromatic carbocycles. The van der Waals surface area contributed by atoms with Crippen molar-refractivity contribution in [2.24, 2.45) is 5.92 Å². The van der Waals surface area contributed by atoms with Gasteiger partial charge in [-0.15, -0.1) is 46.2 Å². The summed E-state index contributed by atoms with van der Waals surface area (Å²) in [6.45, 7) is 17.3. The van der Waals surface area contributed by atoms with Crippen LogP contribution in [0.2, 0.25) is 0 Å². The van der Waals surface area contributed by atoms with Crippen LogP contribution in [-0.2, 0) is 35.1 Å². The van der Waals surface area contributed by atoms with Crippen molar-refractivity contribution in [3.05, 3.63) is 180 Å². The minimum atomic E-state index is -0.00859. The van der Waals surface area contributed by atoms with E-state index in [0.717, 1.165) is 12.0 Å². The molecule has 0 fully saturated rings. The fraction of sp³-hybridized carbons (Fsp3) is 0.250. The van der Waals surface area contributed by atoms with E-state index < -0.39 is 0 Å². The minimum Gasteiger partial charge on any atom is -0.126 e. The molecule has 254 valence electrons. The number of fused-ring (bicyclic) bond motifs is 3. The Kier molecular flexibility index (Phi) is 13.8. The summed E-state index contributed by atoms with van der Waals surface area (Å²) in [5.74, 6) is 1.08. The average molecular weight is 736 g/mol. The van der Waals surface area contributed by atoms with Crippen molar-refractivity contribution < 1.29 is 29.3 Å². The van der Waals surface area contributed by atoms with Gasteiger partial charge >= 0.3 is 99.2 Å². The van der Waals surface area contributed by atoms with Crippen LogP contribution < -0.4 is 0 Å². The van der Waals surface area contributed by atoms with E-state index in [4.69, 9.17) is 0 Å². The summed E-state index contributed by atoms with van der Waals surface area (Å²) in [6, 6.07) is 46.3. The standard InChI is InChI=1S/C14H22O.C13H9.C13H10.C8H11.Zr/c1-13(2,3)10-7-8-12(15)11(9-10)14(4,5)6;1-3-7-12-10(5-1)9-11-6-2-4-8-13(11)12;1-3-7-12(8-4-1)11-13-9-5-2-6-10-13;1-7(2)8-5-3-4-6-8;/h7-9,15H,1-6H3;1-9H;1-10H;5-7H,3H2,1-2H3;/q;-1;;-1;+2. The molecule has 2 heteroatoms. The van der Waals surface area contributed by atoms with Gasteiger partial charge in [-0.05, 0) is 28.0 Å². The largest absolute Gasteiger partial charge is 0.126 e. The maximum absolute atomic E-state index is 9.84. The van der Waals surface area contributed by atoms with E-state index in [0.29, 0.717) is 11.7 Å². The van der Waals surface area contributed by atoms with Gasteiger partial charge < -0.3 is 5.11 Å². The Bertz CT molecular complexity index is 1940. The summed E-state index contributed by atoms with van der Waals surface area (Å²) in [5, 5.41) is 15.2. The summed E-state index contributed by atoms with van der Waals surface area (Å²) in [4.78, 5) is 0. The van der Waals surface area contributed by atoms with Crippen LogP contribution >= 0.6 is 0 Å². The van der Waals surface area contributed by atoms with E-state index in [2.05, 4.69) is 195 Å². The first-order valence-electron chi connectivity index (χ1n) is 17.6. The second kappa shape index (κ2) is 17.8. The first-order valence-corrected chi connectivity index (χ1v) is 18.8. The number of phenolic OH excluding ortho intramolecular Hbond substituents is 1. The van der Waals surface area contributed by atoms with Crippen molar-refractivity contribution in [3.63, 3.8) is 0 Å². The Morgan fingerprint density at radius 3 is 1.54 bits per heavy atom. The molecular weight excluding hydrogens is 684 g/mol. The van der Waals surface area contributed by atoms with Crippen molar-refractivity contribution in [1.82, 2.24) is 0 Å². The molecule has 0 spiro atoms. The summed E-state index contributed by atoms with van der Waals surface area (Å²) < 4.78 is 1.42. The minimum absolute atomic E-state index is 0.00859. The van der Waals surface area contributed by atoms with E-state index >= 15 is 0 Å². The molecule has 0 amide bonds. The van der Waals surface area contributed by atoms with Crippen LogP contribution in [0.25, 0.3) is 21.5 Å². The van der Waals surface area contributed by atoms with Gasteiger partial charge in [-0.25, -0.2) is 6.08 Å². The molecule has 0 radical (unpaired) electrons. The number of hydrogen-bond donors (Lipinski definition) is 1. The number of phenols is 1. The van der Waals surface area contributed by atoms with Crippen LogP contribution in [0.5, 0.6) is 5.75 Å². The van der Waals surface area contributed by atoms with E-state index in [9.17, 15) is 5.11 Å². The molecule has 0 unspecified atom stereocenters. The van der Waals surface area contributed by atoms with Crippen molar-refractivity contribution >= 4 is 24.8 Å². The smallest absolute Gasteiger partial charge is 0.0771 e. The zero-order chi connectivity index (χ0) is 36.3. The number of allylic oxidation sites excluding steroid dienone is 4. The Morgan fingerprint density at radius 2 is 1.14 bits per heavy atom. The van der Waals surface area contributed by atoms with Gasteiger partial charge in [0.05, 0.1) is 0 Å². The summed E-state index contributed by atoms with van der Waals surface area (Å²) >= 11 is 1.46. The van der Waals surface area contributed by atoms with Gasteiger partial charge in [-0.3, -0.25) is 6.08 Å². The first kappa shape index (κ1) is 38.8. The second-order valence-electron chi connectivity index (χ2n) is 15.1. The Balaban J connectivity index is 0.000000153. The summed E-state index contributed by atoms with van der Waals surface area (Å²) in [5.41, 5.74) is 6.51. The molecule has 1 nitrogen and oxygen atoms in total. The molecule has 0 saturated carbocycles. The zero-order valence-corrected chi connectivity index (χ0v) is 33.5. The van der Waals surface area contributed by atoms with Gasteiger partial charge in [0.25, 0.3) is 0 Å². The SMILES string of the molecule is CC(C)(C)c1ccc(O)c(C(C)(C)C)c1.CC(C)C1=CC[C-]=C1.[Zr+2]=[C](c1ccccc1)c1ccccc1.c1ccc2c(c1)[cH-]c1ccccc12. The molecule has 6 aromatic rings. The zero-order valence-electron chi connectivity index (χ0n) is 31.1. The molecule has 0 aliphatic heterocycles. The van der Waals surface area contributed by atoms with Gasteiger partial charge in [-0.2, -0.15) is 11.6 Å². The number of aromatic hydroxyl groups is 1. The fourth-order valence-corrected chi connectivity index (χ4v) is 6.52. The van der Waals surface area contributed by atoms with Crippen LogP contribution in [0.4, 0.5) is 0 Å². The molecule has 7 rings (SSSR count). The van der Waals surface area contributed by atoms with Crippen molar-refractivity contribution in [1.29, 1.82) is 0 Å². The maximum atomic E-state index is 9.84. The predicted molar refractivity (Wildman–Crippen MR) is 214 cm³/mol. The molecule has 0 saturated heterocycles. The van der Waals surface area contributed by atoms with Crippen LogP contribution in [0.15, 0.2) is 151 Å². The Morgan fingerprint density at radius 1 is 0.660 bits per heavy atom. The first-order chi connectivity index (χ1) is 23.8. The number of benzene rings is 5. The van der Waals surface area contributed by atoms with E-state index in [1.807, 2.05) is 6.07 Å². The average Bonchev–Trinajstić information content (AvgIpc) is 3.78. The third-order valence-electron chi connectivity index (χ3n) is 8.71. The molecule has 50 heavy (non-hydrogen) atoms. The molecule has 1 N–H and O–H groups in total. The van der Waals surface area contributed by atoms with E-state index in [1.54, 1.807) is 6.07 Å². The molecule has 0 heterocycles. The van der Waals surface area contributed by atoms with E-state index in [-0.39, 0.29) is 10.8 Å². The number of hydrogen-bond acceptors (Lipinski definition) is 1. The normalized spacial score (nSPS) is 12.3. The molecule has 0 aromatic heterocycles. The third-order valence-corrected chi connectivity index (χ3v) is 10.1. The molecular formula is C48H52OZr. The van der Waals surface area contributed by atoms with Crippen LogP contribution in [-0.4, -0.2) is 8.31 Å². The predicted octanol–water partition coefficient (Wildman–Crippen LogP) is 12.8. The molecule has 0 atom stereocenters. The van der Waals surface area contributed by atoms with Gasteiger partial charge in [0, 0.05) is 0 Å². The fourth-order valence-electron chi connectivity index (χ4n) is 5.70. The van der Waals surface area contributed by atoms with Crippen LogP contribution in [0.1, 0.15) is 84.1 Å². The number of rotatable bonds is 3. The monoisotopic (exact) mass is 734 g/mol. The Labute approximate surface area is 316 Å². The second-order valence-corrected chi connectivity index (χ2v) is 16.3. The molecule has 0 bridgehead atoms. The third kappa shape index (κ3) is 11.0. The van der Waals surface area contributed by atoms with Gasteiger partial charge in [0.1, 0.15) is 5.75 Å². The van der Waals surface area contributed by atoms with Crippen molar-refractivity contribution in [3.8, 4) is 5.75 Å². The van der Waals surface area contributed by atoms with Crippen molar-refractivity contribution in [2.75, 3.05) is 0 Å². The van der Waals surface area contributed by atoms with Crippen LogP contribution in [0.3, 0.4) is 0 Å². The quantitative estimate of drug-likeness (QED) is 0.179. The van der Waals surface area contributed by atoms with Crippen molar-refractivity contribution in [2.45, 2.75) is 72.6 Å². The summed E-state index contributed by atoms with van der Waals surface area (Å²) in [7, 11) is 0. The topological polar surface area (TPSA) is 20.2 Å². The van der Waals surface area contributed by atoms with E-state index in [1.165, 1.54) is 71.2 Å². The molecule has 1 aliphatic carbocycles. The van der Waals surface area contributed by atoms with Gasteiger partial charge in [0.2, 0.25) is 0 Å². The maximum Gasteiger partial charge on any atom is -0.0771 e. The summed E-state index contributed by atoms with van der Waals surface area (Å²) in [6.07, 6.45) is 8.47. The van der Waals surface area contributed by atoms with Crippen LogP contribution in [0, 0.1) is 12.0 Å².